The van der Waals surface area contributed by atoms with Crippen molar-refractivity contribution in [2.75, 3.05) is 16.0 Å². The van der Waals surface area contributed by atoms with Crippen molar-refractivity contribution in [3.05, 3.63) is 71.9 Å². The van der Waals surface area contributed by atoms with Crippen molar-refractivity contribution < 1.29 is 9.59 Å². The quantitative estimate of drug-likeness (QED) is 0.490. The van der Waals surface area contributed by atoms with Crippen LogP contribution in [0.2, 0.25) is 0 Å². The molecule has 0 aliphatic carbocycles. The second-order valence-electron chi connectivity index (χ2n) is 6.48. The third-order valence-corrected chi connectivity index (χ3v) is 4.15. The molecule has 0 fully saturated rings. The van der Waals surface area contributed by atoms with Crippen LogP contribution in [0.5, 0.6) is 0 Å². The van der Waals surface area contributed by atoms with Gasteiger partial charge in [-0.3, -0.25) is 9.59 Å². The first kappa shape index (κ1) is 19.8. The molecule has 3 aromatic rings. The summed E-state index contributed by atoms with van der Waals surface area (Å²) in [5.41, 5.74) is 8.05. The molecule has 8 heteroatoms. The van der Waals surface area contributed by atoms with E-state index in [0.717, 1.165) is 5.56 Å². The molecule has 148 valence electrons. The molecule has 0 aliphatic heterocycles. The summed E-state index contributed by atoms with van der Waals surface area (Å²) in [4.78, 5) is 31.6. The number of anilines is 4. The van der Waals surface area contributed by atoms with Crippen LogP contribution < -0.4 is 21.7 Å². The van der Waals surface area contributed by atoms with Crippen molar-refractivity contribution in [3.63, 3.8) is 0 Å². The Labute approximate surface area is 168 Å². The van der Waals surface area contributed by atoms with E-state index in [1.54, 1.807) is 18.2 Å². The van der Waals surface area contributed by atoms with Gasteiger partial charge in [0.1, 0.15) is 5.82 Å². The molecule has 5 N–H and O–H groups in total. The lowest BCUT2D eigenvalue weighted by atomic mass is 10.1. The predicted molar refractivity (Wildman–Crippen MR) is 113 cm³/mol. The molecule has 1 aromatic heterocycles. The van der Waals surface area contributed by atoms with Crippen LogP contribution in [0, 0.1) is 0 Å². The maximum atomic E-state index is 11.8. The van der Waals surface area contributed by atoms with Gasteiger partial charge in [0.25, 0.3) is 5.91 Å². The number of nitrogens with one attached hydrogen (secondary N) is 3. The molecule has 0 saturated carbocycles. The van der Waals surface area contributed by atoms with Gasteiger partial charge < -0.3 is 21.7 Å². The number of nitrogens with zero attached hydrogens (tertiary/aromatic N) is 2. The molecule has 0 bridgehead atoms. The Bertz CT molecular complexity index is 1020. The first-order valence-electron chi connectivity index (χ1n) is 9.05. The van der Waals surface area contributed by atoms with Crippen LogP contribution in [0.1, 0.15) is 35.8 Å². The van der Waals surface area contributed by atoms with E-state index in [1.807, 2.05) is 43.3 Å². The van der Waals surface area contributed by atoms with Gasteiger partial charge in [-0.15, -0.1) is 0 Å². The highest BCUT2D eigenvalue weighted by atomic mass is 16.1. The highest BCUT2D eigenvalue weighted by Crippen LogP contribution is 2.23. The highest BCUT2D eigenvalue weighted by molar-refractivity contribution is 5.97. The second-order valence-corrected chi connectivity index (χ2v) is 6.48. The standard InChI is InChI=1S/C21H22N6O2/c1-13(15-7-4-3-5-8-15)24-20-18(19(22)29)12-23-21(27-20)26-17-10-6-9-16(11-17)25-14(2)28/h3-13H,1-2H3,(H2,22,29)(H,25,28)(H2,23,24,26,27)/t13-/m0/s1. The van der Waals surface area contributed by atoms with Crippen LogP contribution in [-0.4, -0.2) is 21.8 Å². The summed E-state index contributed by atoms with van der Waals surface area (Å²) in [6.45, 7) is 3.41. The molecule has 8 nitrogen and oxygen atoms in total. The van der Waals surface area contributed by atoms with E-state index in [-0.39, 0.29) is 23.5 Å². The smallest absolute Gasteiger partial charge is 0.254 e. The third-order valence-electron chi connectivity index (χ3n) is 4.15. The van der Waals surface area contributed by atoms with E-state index in [4.69, 9.17) is 5.73 Å². The zero-order valence-electron chi connectivity index (χ0n) is 16.1. The van der Waals surface area contributed by atoms with Crippen molar-refractivity contribution in [2.45, 2.75) is 19.9 Å². The zero-order valence-corrected chi connectivity index (χ0v) is 16.1. The molecule has 29 heavy (non-hydrogen) atoms. The van der Waals surface area contributed by atoms with Crippen LogP contribution in [0.25, 0.3) is 0 Å². The lowest BCUT2D eigenvalue weighted by Crippen LogP contribution is -2.18. The van der Waals surface area contributed by atoms with Gasteiger partial charge in [-0.1, -0.05) is 36.4 Å². The number of aromatic nitrogens is 2. The van der Waals surface area contributed by atoms with E-state index >= 15 is 0 Å². The van der Waals surface area contributed by atoms with Crippen molar-refractivity contribution in [2.24, 2.45) is 5.73 Å². The summed E-state index contributed by atoms with van der Waals surface area (Å²) in [5, 5.41) is 9.01. The van der Waals surface area contributed by atoms with Crippen LogP contribution in [0.4, 0.5) is 23.1 Å². The molecule has 0 spiro atoms. The summed E-state index contributed by atoms with van der Waals surface area (Å²) in [7, 11) is 0. The van der Waals surface area contributed by atoms with E-state index < -0.39 is 5.91 Å². The summed E-state index contributed by atoms with van der Waals surface area (Å²) in [6.07, 6.45) is 1.38. The summed E-state index contributed by atoms with van der Waals surface area (Å²) in [6, 6.07) is 16.8. The summed E-state index contributed by atoms with van der Waals surface area (Å²) in [5.74, 6) is -0.153. The summed E-state index contributed by atoms with van der Waals surface area (Å²) < 4.78 is 0. The molecule has 2 aromatic carbocycles. The number of hydrogen-bond acceptors (Lipinski definition) is 6. The number of primary amides is 1. The monoisotopic (exact) mass is 390 g/mol. The minimum absolute atomic E-state index is 0.0971. The Morgan fingerprint density at radius 3 is 2.45 bits per heavy atom. The van der Waals surface area contributed by atoms with Crippen molar-refractivity contribution in [1.82, 2.24) is 9.97 Å². The van der Waals surface area contributed by atoms with E-state index in [9.17, 15) is 9.59 Å². The Balaban J connectivity index is 1.85. The molecule has 0 saturated heterocycles. The van der Waals surface area contributed by atoms with Crippen LogP contribution in [0.15, 0.2) is 60.8 Å². The Morgan fingerprint density at radius 1 is 1.03 bits per heavy atom. The van der Waals surface area contributed by atoms with Gasteiger partial charge in [0.2, 0.25) is 11.9 Å². The van der Waals surface area contributed by atoms with E-state index in [2.05, 4.69) is 25.9 Å². The molecule has 1 atom stereocenters. The number of rotatable bonds is 7. The fraction of sp³-hybridized carbons (Fsp3) is 0.143. The number of amides is 2. The molecular formula is C21H22N6O2. The SMILES string of the molecule is CC(=O)Nc1cccc(Nc2ncc(C(N)=O)c(N[C@@H](C)c3ccccc3)n2)c1. The fourth-order valence-electron chi connectivity index (χ4n) is 2.77. The Kier molecular flexibility index (Phi) is 6.03. The second kappa shape index (κ2) is 8.83. The largest absolute Gasteiger partial charge is 0.365 e. The molecule has 3 rings (SSSR count). The normalized spacial score (nSPS) is 11.4. The topological polar surface area (TPSA) is 122 Å². The fourth-order valence-corrected chi connectivity index (χ4v) is 2.77. The minimum atomic E-state index is -0.619. The number of nitrogens with two attached hydrogens (primary N) is 1. The highest BCUT2D eigenvalue weighted by Gasteiger charge is 2.15. The minimum Gasteiger partial charge on any atom is -0.365 e. The zero-order chi connectivity index (χ0) is 20.8. The van der Waals surface area contributed by atoms with Crippen molar-refractivity contribution in [3.8, 4) is 0 Å². The van der Waals surface area contributed by atoms with Gasteiger partial charge in [0, 0.05) is 30.5 Å². The third kappa shape index (κ3) is 5.29. The van der Waals surface area contributed by atoms with E-state index in [0.29, 0.717) is 17.2 Å². The Morgan fingerprint density at radius 2 is 1.76 bits per heavy atom. The average Bonchev–Trinajstić information content (AvgIpc) is 2.68. The lowest BCUT2D eigenvalue weighted by Gasteiger charge is -2.17. The van der Waals surface area contributed by atoms with Crippen LogP contribution >= 0.6 is 0 Å². The molecular weight excluding hydrogens is 368 g/mol. The lowest BCUT2D eigenvalue weighted by molar-refractivity contribution is -0.114. The Hall–Kier alpha value is -3.94. The molecule has 0 radical (unpaired) electrons. The molecule has 1 heterocycles. The molecule has 0 unspecified atom stereocenters. The number of hydrogen-bond donors (Lipinski definition) is 4. The first-order chi connectivity index (χ1) is 13.9. The van der Waals surface area contributed by atoms with Gasteiger partial charge in [0.05, 0.1) is 5.56 Å². The van der Waals surface area contributed by atoms with Crippen LogP contribution in [-0.2, 0) is 4.79 Å². The summed E-state index contributed by atoms with van der Waals surface area (Å²) >= 11 is 0. The number of benzene rings is 2. The molecule has 2 amide bonds. The maximum Gasteiger partial charge on any atom is 0.254 e. The average molecular weight is 390 g/mol. The predicted octanol–water partition coefficient (Wildman–Crippen LogP) is 3.45. The van der Waals surface area contributed by atoms with Gasteiger partial charge in [0.15, 0.2) is 0 Å². The van der Waals surface area contributed by atoms with Gasteiger partial charge in [-0.2, -0.15) is 4.98 Å². The molecule has 0 aliphatic rings. The number of carbonyl (C=O) groups is 2. The van der Waals surface area contributed by atoms with Gasteiger partial charge in [-0.05, 0) is 30.7 Å². The van der Waals surface area contributed by atoms with Crippen molar-refractivity contribution in [1.29, 1.82) is 0 Å². The van der Waals surface area contributed by atoms with Crippen molar-refractivity contribution >= 4 is 35.0 Å². The number of carbonyl (C=O) groups excluding carboxylic acids is 2. The van der Waals surface area contributed by atoms with Gasteiger partial charge in [-0.25, -0.2) is 4.98 Å². The first-order valence-corrected chi connectivity index (χ1v) is 9.05. The van der Waals surface area contributed by atoms with E-state index in [1.165, 1.54) is 13.1 Å². The van der Waals surface area contributed by atoms with Crippen LogP contribution in [0.3, 0.4) is 0 Å². The maximum absolute atomic E-state index is 11.8. The van der Waals surface area contributed by atoms with Gasteiger partial charge >= 0.3 is 0 Å².